The molecule has 0 aliphatic rings. The summed E-state index contributed by atoms with van der Waals surface area (Å²) >= 11 is 0. The van der Waals surface area contributed by atoms with Crippen molar-refractivity contribution < 1.29 is 0 Å². The molecule has 2 aromatic carbocycles. The Bertz CT molecular complexity index is 636. The number of benzene rings is 2. The van der Waals surface area contributed by atoms with E-state index in [4.69, 9.17) is 0 Å². The van der Waals surface area contributed by atoms with Crippen molar-refractivity contribution in [3.63, 3.8) is 0 Å². The van der Waals surface area contributed by atoms with Gasteiger partial charge in [0.1, 0.15) is 0 Å². The first-order chi connectivity index (χ1) is 8.99. The minimum atomic E-state index is 1.15. The van der Waals surface area contributed by atoms with E-state index in [0.29, 0.717) is 0 Å². The second-order valence-corrected chi connectivity index (χ2v) is 5.29. The Morgan fingerprint density at radius 1 is 0.632 bits per heavy atom. The third kappa shape index (κ3) is 2.88. The average molecular weight is 248 g/mol. The lowest BCUT2D eigenvalue weighted by Crippen LogP contribution is -1.91. The van der Waals surface area contributed by atoms with Crippen molar-refractivity contribution >= 4 is 0 Å². The first-order valence-electron chi connectivity index (χ1n) is 6.65. The van der Waals surface area contributed by atoms with Gasteiger partial charge >= 0.3 is 0 Å². The largest absolute Gasteiger partial charge is 0.0617 e. The quantitative estimate of drug-likeness (QED) is 0.596. The molecule has 0 heterocycles. The third-order valence-corrected chi connectivity index (χ3v) is 3.47. The lowest BCUT2D eigenvalue weighted by atomic mass is 9.98. The highest BCUT2D eigenvalue weighted by Crippen LogP contribution is 2.16. The standard InChI is InChI=1S/C19H20/c1-13-11-16(4)19(17(5)12-13)10-9-18-14(2)7-6-8-15(18)3/h6-8,11-12H,1-5H3. The van der Waals surface area contributed by atoms with E-state index < -0.39 is 0 Å². The van der Waals surface area contributed by atoms with Gasteiger partial charge < -0.3 is 0 Å². The van der Waals surface area contributed by atoms with E-state index in [1.165, 1.54) is 27.8 Å². The molecule has 0 aliphatic carbocycles. The molecular formula is C19H20. The minimum Gasteiger partial charge on any atom is -0.0617 e. The van der Waals surface area contributed by atoms with Crippen LogP contribution >= 0.6 is 0 Å². The molecule has 0 N–H and O–H groups in total. The van der Waals surface area contributed by atoms with E-state index >= 15 is 0 Å². The fourth-order valence-electron chi connectivity index (χ4n) is 2.51. The summed E-state index contributed by atoms with van der Waals surface area (Å²) in [5.41, 5.74) is 8.63. The summed E-state index contributed by atoms with van der Waals surface area (Å²) in [6.07, 6.45) is 0. The maximum atomic E-state index is 3.36. The molecule has 0 nitrogen and oxygen atoms in total. The van der Waals surface area contributed by atoms with E-state index in [-0.39, 0.29) is 0 Å². The van der Waals surface area contributed by atoms with Gasteiger partial charge in [0.2, 0.25) is 0 Å². The van der Waals surface area contributed by atoms with Crippen LogP contribution in [0.5, 0.6) is 0 Å². The predicted octanol–water partition coefficient (Wildman–Crippen LogP) is 4.63. The molecule has 0 unspecified atom stereocenters. The van der Waals surface area contributed by atoms with Crippen molar-refractivity contribution in [2.45, 2.75) is 34.6 Å². The summed E-state index contributed by atoms with van der Waals surface area (Å²) < 4.78 is 0. The monoisotopic (exact) mass is 248 g/mol. The normalized spacial score (nSPS) is 9.95. The van der Waals surface area contributed by atoms with E-state index in [2.05, 4.69) is 76.8 Å². The van der Waals surface area contributed by atoms with Gasteiger partial charge in [0, 0.05) is 11.1 Å². The third-order valence-electron chi connectivity index (χ3n) is 3.47. The number of aryl methyl sites for hydroxylation is 5. The van der Waals surface area contributed by atoms with Crippen LogP contribution in [0.2, 0.25) is 0 Å². The zero-order valence-corrected chi connectivity index (χ0v) is 12.4. The van der Waals surface area contributed by atoms with Gasteiger partial charge in [-0.3, -0.25) is 0 Å². The molecule has 0 radical (unpaired) electrons. The summed E-state index contributed by atoms with van der Waals surface area (Å²) in [6, 6.07) is 10.7. The summed E-state index contributed by atoms with van der Waals surface area (Å²) in [7, 11) is 0. The lowest BCUT2D eigenvalue weighted by molar-refractivity contribution is 1.29. The van der Waals surface area contributed by atoms with E-state index in [0.717, 1.165) is 11.1 Å². The summed E-state index contributed by atoms with van der Waals surface area (Å²) in [5.74, 6) is 6.71. The minimum absolute atomic E-state index is 1.15. The van der Waals surface area contributed by atoms with Gasteiger partial charge in [0.15, 0.2) is 0 Å². The Kier molecular flexibility index (Phi) is 3.76. The Morgan fingerprint density at radius 2 is 1.05 bits per heavy atom. The fraction of sp³-hybridized carbons (Fsp3) is 0.263. The Hall–Kier alpha value is -2.00. The van der Waals surface area contributed by atoms with Crippen LogP contribution in [-0.2, 0) is 0 Å². The first-order valence-corrected chi connectivity index (χ1v) is 6.65. The molecule has 0 heteroatoms. The van der Waals surface area contributed by atoms with E-state index in [1.54, 1.807) is 0 Å². The topological polar surface area (TPSA) is 0 Å². The summed E-state index contributed by atoms with van der Waals surface area (Å²) in [6.45, 7) is 10.6. The van der Waals surface area contributed by atoms with Crippen LogP contribution in [0.15, 0.2) is 30.3 Å². The zero-order valence-electron chi connectivity index (χ0n) is 12.4. The molecule has 2 aromatic rings. The van der Waals surface area contributed by atoms with Crippen LogP contribution in [0.25, 0.3) is 0 Å². The van der Waals surface area contributed by atoms with Crippen molar-refractivity contribution in [1.29, 1.82) is 0 Å². The molecule has 0 atom stereocenters. The molecule has 0 saturated carbocycles. The second kappa shape index (κ2) is 5.33. The van der Waals surface area contributed by atoms with E-state index in [1.807, 2.05) is 0 Å². The summed E-state index contributed by atoms with van der Waals surface area (Å²) in [5, 5.41) is 0. The molecule has 0 amide bonds. The van der Waals surface area contributed by atoms with Gasteiger partial charge in [0.05, 0.1) is 0 Å². The fourth-order valence-corrected chi connectivity index (χ4v) is 2.51. The smallest absolute Gasteiger partial charge is 0.0307 e. The van der Waals surface area contributed by atoms with Crippen molar-refractivity contribution in [2.24, 2.45) is 0 Å². The van der Waals surface area contributed by atoms with Crippen LogP contribution in [0.4, 0.5) is 0 Å². The van der Waals surface area contributed by atoms with Gasteiger partial charge in [0.25, 0.3) is 0 Å². The average Bonchev–Trinajstić information content (AvgIpc) is 2.31. The number of rotatable bonds is 0. The van der Waals surface area contributed by atoms with Crippen LogP contribution in [-0.4, -0.2) is 0 Å². The van der Waals surface area contributed by atoms with Gasteiger partial charge in [-0.2, -0.15) is 0 Å². The zero-order chi connectivity index (χ0) is 14.0. The van der Waals surface area contributed by atoms with Crippen LogP contribution in [0.3, 0.4) is 0 Å². The van der Waals surface area contributed by atoms with Crippen molar-refractivity contribution in [3.05, 3.63) is 69.3 Å². The highest BCUT2D eigenvalue weighted by Gasteiger charge is 2.02. The van der Waals surface area contributed by atoms with Crippen molar-refractivity contribution in [1.82, 2.24) is 0 Å². The molecule has 2 rings (SSSR count). The van der Waals surface area contributed by atoms with Crippen LogP contribution in [0.1, 0.15) is 38.9 Å². The maximum Gasteiger partial charge on any atom is 0.0307 e. The van der Waals surface area contributed by atoms with Gasteiger partial charge in [-0.25, -0.2) is 0 Å². The molecule has 0 aliphatic heterocycles. The van der Waals surface area contributed by atoms with Gasteiger partial charge in [-0.1, -0.05) is 47.7 Å². The molecular weight excluding hydrogens is 228 g/mol. The molecule has 0 fully saturated rings. The predicted molar refractivity (Wildman–Crippen MR) is 82.5 cm³/mol. The second-order valence-electron chi connectivity index (χ2n) is 5.29. The number of hydrogen-bond donors (Lipinski definition) is 0. The molecule has 0 aromatic heterocycles. The first kappa shape index (κ1) is 13.4. The molecule has 0 bridgehead atoms. The molecule has 0 spiro atoms. The Balaban J connectivity index is 2.51. The molecule has 96 valence electrons. The maximum absolute atomic E-state index is 3.36. The van der Waals surface area contributed by atoms with Crippen LogP contribution in [0, 0.1) is 46.5 Å². The number of hydrogen-bond acceptors (Lipinski definition) is 0. The Morgan fingerprint density at radius 3 is 1.53 bits per heavy atom. The van der Waals surface area contributed by atoms with Gasteiger partial charge in [-0.15, -0.1) is 0 Å². The Labute approximate surface area is 116 Å². The van der Waals surface area contributed by atoms with Crippen LogP contribution < -0.4 is 0 Å². The lowest BCUT2D eigenvalue weighted by Gasteiger charge is -2.05. The highest BCUT2D eigenvalue weighted by molar-refractivity contribution is 5.54. The molecule has 19 heavy (non-hydrogen) atoms. The van der Waals surface area contributed by atoms with Gasteiger partial charge in [-0.05, 0) is 56.9 Å². The van der Waals surface area contributed by atoms with Crippen molar-refractivity contribution in [2.75, 3.05) is 0 Å². The van der Waals surface area contributed by atoms with E-state index in [9.17, 15) is 0 Å². The molecule has 0 saturated heterocycles. The summed E-state index contributed by atoms with van der Waals surface area (Å²) in [4.78, 5) is 0. The highest BCUT2D eigenvalue weighted by atomic mass is 14.1. The SMILES string of the molecule is Cc1cc(C)c(C#Cc2c(C)cccc2C)c(C)c1. The van der Waals surface area contributed by atoms with Crippen molar-refractivity contribution in [3.8, 4) is 11.8 Å².